The molecule has 256 valence electrons. The number of benzene rings is 9. The second kappa shape index (κ2) is 12.8. The fourth-order valence-electron chi connectivity index (χ4n) is 8.00. The molecule has 11 aromatic rings. The average Bonchev–Trinajstić information content (AvgIpc) is 3.65. The van der Waals surface area contributed by atoms with Crippen molar-refractivity contribution in [1.82, 2.24) is 15.0 Å². The van der Waals surface area contributed by atoms with Crippen molar-refractivity contribution >= 4 is 63.8 Å². The normalized spacial score (nSPS) is 11.6. The van der Waals surface area contributed by atoms with Crippen molar-refractivity contribution in [2.24, 2.45) is 0 Å². The summed E-state index contributed by atoms with van der Waals surface area (Å²) in [7, 11) is 0. The van der Waals surface area contributed by atoms with Crippen LogP contribution in [0.2, 0.25) is 0 Å². The van der Waals surface area contributed by atoms with Gasteiger partial charge in [-0.05, 0) is 91.0 Å². The van der Waals surface area contributed by atoms with Gasteiger partial charge in [0.1, 0.15) is 0 Å². The van der Waals surface area contributed by atoms with Crippen LogP contribution in [0.3, 0.4) is 0 Å². The highest BCUT2D eigenvalue weighted by Gasteiger charge is 2.15. The molecule has 2 aromatic heterocycles. The zero-order chi connectivity index (χ0) is 36.3. The van der Waals surface area contributed by atoms with E-state index >= 15 is 0 Å². The van der Waals surface area contributed by atoms with Crippen LogP contribution in [-0.4, -0.2) is 15.0 Å². The zero-order valence-corrected chi connectivity index (χ0v) is 30.5. The van der Waals surface area contributed by atoms with Crippen molar-refractivity contribution in [2.75, 3.05) is 0 Å². The first-order chi connectivity index (χ1) is 27.2. The van der Waals surface area contributed by atoms with Gasteiger partial charge in [-0.3, -0.25) is 0 Å². The summed E-state index contributed by atoms with van der Waals surface area (Å²) >= 11 is 1.86. The SMILES string of the molecule is c1ccc(-c2nc(-c3ccccc3)nc(-c3cccc(-c4ccc5c6ccccc6c6cc(-c7ccc8sc9ccccc9c8c7)ccc6c5c4)c3)n2)cc1. The molecule has 4 heteroatoms. The minimum Gasteiger partial charge on any atom is -0.208 e. The van der Waals surface area contributed by atoms with Gasteiger partial charge in [-0.2, -0.15) is 0 Å². The summed E-state index contributed by atoms with van der Waals surface area (Å²) in [6.45, 7) is 0. The van der Waals surface area contributed by atoms with Crippen LogP contribution in [0.5, 0.6) is 0 Å². The second-order valence-electron chi connectivity index (χ2n) is 14.0. The Bertz CT molecular complexity index is 3200. The third-order valence-corrected chi connectivity index (χ3v) is 11.9. The van der Waals surface area contributed by atoms with Crippen LogP contribution in [0.15, 0.2) is 188 Å². The van der Waals surface area contributed by atoms with Crippen LogP contribution in [-0.2, 0) is 0 Å². The molecule has 9 aromatic carbocycles. The Kier molecular flexibility index (Phi) is 7.35. The number of rotatable bonds is 5. The molecule has 55 heavy (non-hydrogen) atoms. The molecule has 0 atom stereocenters. The van der Waals surface area contributed by atoms with Crippen molar-refractivity contribution in [3.05, 3.63) is 188 Å². The van der Waals surface area contributed by atoms with Gasteiger partial charge >= 0.3 is 0 Å². The van der Waals surface area contributed by atoms with Gasteiger partial charge in [-0.25, -0.2) is 15.0 Å². The summed E-state index contributed by atoms with van der Waals surface area (Å²) in [6, 6.07) is 67.1. The first-order valence-electron chi connectivity index (χ1n) is 18.5. The van der Waals surface area contributed by atoms with E-state index in [1.165, 1.54) is 63.6 Å². The summed E-state index contributed by atoms with van der Waals surface area (Å²) in [5, 5.41) is 10.2. The molecule has 2 heterocycles. The second-order valence-corrected chi connectivity index (χ2v) is 15.1. The maximum absolute atomic E-state index is 5.00. The summed E-state index contributed by atoms with van der Waals surface area (Å²) in [6.07, 6.45) is 0. The predicted octanol–water partition coefficient (Wildman–Crippen LogP) is 14.0. The van der Waals surface area contributed by atoms with Crippen LogP contribution in [0.4, 0.5) is 0 Å². The smallest absolute Gasteiger partial charge is 0.164 e. The van der Waals surface area contributed by atoms with Crippen molar-refractivity contribution in [3.8, 4) is 56.4 Å². The van der Waals surface area contributed by atoms with Crippen LogP contribution in [0.25, 0.3) is 109 Å². The lowest BCUT2D eigenvalue weighted by atomic mass is 9.90. The highest BCUT2D eigenvalue weighted by Crippen LogP contribution is 2.41. The first-order valence-corrected chi connectivity index (χ1v) is 19.3. The number of fused-ring (bicyclic) bond motifs is 9. The van der Waals surface area contributed by atoms with Gasteiger partial charge in [0.05, 0.1) is 0 Å². The molecule has 0 radical (unpaired) electrons. The van der Waals surface area contributed by atoms with Crippen LogP contribution < -0.4 is 0 Å². The summed E-state index contributed by atoms with van der Waals surface area (Å²) < 4.78 is 2.65. The molecule has 0 aliphatic rings. The average molecular weight is 718 g/mol. The zero-order valence-electron chi connectivity index (χ0n) is 29.6. The largest absolute Gasteiger partial charge is 0.208 e. The highest BCUT2D eigenvalue weighted by atomic mass is 32.1. The molecule has 0 N–H and O–H groups in total. The lowest BCUT2D eigenvalue weighted by Gasteiger charge is -2.14. The van der Waals surface area contributed by atoms with Gasteiger partial charge in [-0.15, -0.1) is 11.3 Å². The van der Waals surface area contributed by atoms with Crippen LogP contribution in [0.1, 0.15) is 0 Å². The van der Waals surface area contributed by atoms with Gasteiger partial charge in [0, 0.05) is 36.9 Å². The lowest BCUT2D eigenvalue weighted by Crippen LogP contribution is -2.00. The van der Waals surface area contributed by atoms with Gasteiger partial charge in [-0.1, -0.05) is 152 Å². The number of aromatic nitrogens is 3. The molecule has 0 aliphatic carbocycles. The number of hydrogen-bond acceptors (Lipinski definition) is 4. The molecule has 0 spiro atoms. The monoisotopic (exact) mass is 717 g/mol. The topological polar surface area (TPSA) is 38.7 Å². The van der Waals surface area contributed by atoms with E-state index in [0.29, 0.717) is 17.5 Å². The highest BCUT2D eigenvalue weighted by molar-refractivity contribution is 7.25. The Hall–Kier alpha value is -7.01. The van der Waals surface area contributed by atoms with Crippen LogP contribution in [0, 0.1) is 0 Å². The maximum atomic E-state index is 5.00. The van der Waals surface area contributed by atoms with E-state index in [2.05, 4.69) is 127 Å². The van der Waals surface area contributed by atoms with Gasteiger partial charge in [0.25, 0.3) is 0 Å². The molecule has 0 aliphatic heterocycles. The Morgan fingerprint density at radius 3 is 1.27 bits per heavy atom. The summed E-state index contributed by atoms with van der Waals surface area (Å²) in [5.74, 6) is 1.96. The van der Waals surface area contributed by atoms with Crippen molar-refractivity contribution in [3.63, 3.8) is 0 Å². The van der Waals surface area contributed by atoms with E-state index in [4.69, 9.17) is 15.0 Å². The third kappa shape index (κ3) is 5.46. The summed E-state index contributed by atoms with van der Waals surface area (Å²) in [5.41, 5.74) is 7.56. The van der Waals surface area contributed by atoms with Crippen LogP contribution >= 0.6 is 11.3 Å². The van der Waals surface area contributed by atoms with E-state index in [1.807, 2.05) is 72.0 Å². The molecular formula is C51H31N3S. The third-order valence-electron chi connectivity index (χ3n) is 10.7. The Morgan fingerprint density at radius 2 is 0.636 bits per heavy atom. The molecular weight excluding hydrogens is 687 g/mol. The van der Waals surface area contributed by atoms with Gasteiger partial charge in [0.15, 0.2) is 17.5 Å². The van der Waals surface area contributed by atoms with E-state index in [9.17, 15) is 0 Å². The van der Waals surface area contributed by atoms with E-state index in [1.54, 1.807) is 0 Å². The minimum absolute atomic E-state index is 0.646. The molecule has 0 bridgehead atoms. The first kappa shape index (κ1) is 31.5. The fourth-order valence-corrected chi connectivity index (χ4v) is 9.08. The number of nitrogens with zero attached hydrogens (tertiary/aromatic N) is 3. The number of hydrogen-bond donors (Lipinski definition) is 0. The molecule has 11 rings (SSSR count). The molecule has 0 saturated heterocycles. The van der Waals surface area contributed by atoms with Crippen molar-refractivity contribution < 1.29 is 0 Å². The Morgan fingerprint density at radius 1 is 0.236 bits per heavy atom. The number of thiophene rings is 1. The fraction of sp³-hybridized carbons (Fsp3) is 0. The summed E-state index contributed by atoms with van der Waals surface area (Å²) in [4.78, 5) is 14.9. The standard InChI is InChI=1S/C51H31N3S/c1-3-12-32(13-4-1)49-52-50(33-14-5-2-6-15-33)54-51(53-49)38-17-11-16-34(28-38)35-22-25-41-39-18-7-8-19-40(39)44-30-36(23-26-42(44)45(41)29-35)37-24-27-48-46(31-37)43-20-9-10-21-47(43)55-48/h1-31H. The lowest BCUT2D eigenvalue weighted by molar-refractivity contribution is 1.07. The van der Waals surface area contributed by atoms with Crippen molar-refractivity contribution in [2.45, 2.75) is 0 Å². The molecule has 0 amide bonds. The van der Waals surface area contributed by atoms with E-state index in [0.717, 1.165) is 27.8 Å². The quantitative estimate of drug-likeness (QED) is 0.166. The minimum atomic E-state index is 0.646. The Labute approximate surface area is 321 Å². The molecule has 0 fully saturated rings. The van der Waals surface area contributed by atoms with Gasteiger partial charge in [0.2, 0.25) is 0 Å². The van der Waals surface area contributed by atoms with E-state index in [-0.39, 0.29) is 0 Å². The predicted molar refractivity (Wildman–Crippen MR) is 232 cm³/mol. The van der Waals surface area contributed by atoms with Gasteiger partial charge < -0.3 is 0 Å². The van der Waals surface area contributed by atoms with E-state index < -0.39 is 0 Å². The maximum Gasteiger partial charge on any atom is 0.164 e. The Balaban J connectivity index is 1.05. The van der Waals surface area contributed by atoms with Crippen molar-refractivity contribution in [1.29, 1.82) is 0 Å². The molecule has 3 nitrogen and oxygen atoms in total. The molecule has 0 unspecified atom stereocenters. The molecule has 0 saturated carbocycles.